The molecule has 11 heteroatoms. The Morgan fingerprint density at radius 3 is 1.28 bits per heavy atom. The van der Waals surface area contributed by atoms with Gasteiger partial charge in [0.15, 0.2) is 0 Å². The van der Waals surface area contributed by atoms with E-state index >= 15 is 17.6 Å². The van der Waals surface area contributed by atoms with Gasteiger partial charge in [-0.25, -0.2) is 0 Å². The van der Waals surface area contributed by atoms with Gasteiger partial charge in [0.25, 0.3) is 0 Å². The van der Waals surface area contributed by atoms with Gasteiger partial charge < -0.3 is 0 Å². The first kappa shape index (κ1) is 46.3. The van der Waals surface area contributed by atoms with Gasteiger partial charge in [0, 0.05) is 0 Å². The number of allylic oxidation sites excluding steroid dienone is 8. The van der Waals surface area contributed by atoms with Gasteiger partial charge in [-0.1, -0.05) is 23.2 Å². The Morgan fingerprint density at radius 1 is 0.557 bits per heavy atom. The summed E-state index contributed by atoms with van der Waals surface area (Å²) in [4.78, 5) is 30.6. The van der Waals surface area contributed by atoms with Crippen LogP contribution in [0.5, 0.6) is 0 Å². The van der Waals surface area contributed by atoms with Crippen LogP contribution in [-0.4, -0.2) is 47.8 Å². The molecular formula is C50H52Cl2F4N2O2Ti. The number of carbonyl (C=O) groups excluding carboxylic acids is 2. The molecule has 6 rings (SSSR count). The third-order valence-corrected chi connectivity index (χ3v) is 20.1. The number of rotatable bonds is 20. The fourth-order valence-electron chi connectivity index (χ4n) is 8.49. The van der Waals surface area contributed by atoms with Gasteiger partial charge in [-0.3, -0.25) is 0 Å². The summed E-state index contributed by atoms with van der Waals surface area (Å²) >= 11 is 7.07. The van der Waals surface area contributed by atoms with Crippen molar-refractivity contribution in [2.24, 2.45) is 0 Å². The van der Waals surface area contributed by atoms with Crippen LogP contribution in [0.25, 0.3) is 0 Å². The van der Waals surface area contributed by atoms with Crippen LogP contribution in [0.2, 0.25) is 10.0 Å². The van der Waals surface area contributed by atoms with Crippen LogP contribution in [0.15, 0.2) is 117 Å². The van der Waals surface area contributed by atoms with E-state index in [9.17, 15) is 9.59 Å². The summed E-state index contributed by atoms with van der Waals surface area (Å²) in [5, 5.41) is 1.04. The molecular weight excluding hydrogens is 855 g/mol. The van der Waals surface area contributed by atoms with E-state index in [1.165, 1.54) is 24.3 Å². The predicted octanol–water partition coefficient (Wildman–Crippen LogP) is 12.1. The minimum absolute atomic E-state index is 0.159. The first-order valence-electron chi connectivity index (χ1n) is 21.3. The Labute approximate surface area is 371 Å². The summed E-state index contributed by atoms with van der Waals surface area (Å²) in [6.45, 7) is 5.77. The van der Waals surface area contributed by atoms with E-state index in [4.69, 9.17) is 23.2 Å². The van der Waals surface area contributed by atoms with Gasteiger partial charge in [0.2, 0.25) is 0 Å². The molecule has 0 saturated carbocycles. The van der Waals surface area contributed by atoms with Gasteiger partial charge in [-0.15, -0.1) is 0 Å². The van der Waals surface area contributed by atoms with Crippen molar-refractivity contribution in [3.8, 4) is 0 Å². The second kappa shape index (κ2) is 21.7. The SMILES string of the molecule is CCCCN(CCCc1ccc(F)[c]([Ti]([C]2=CC=CC2)([C]2=CC=CC2)[c]2c(F)ccc(CCCN(CCCC)C(=O)c3ccc(Cl)cc3)c2F)c1F)C(=O)c1ccc(Cl)cc1. The average Bonchev–Trinajstić information content (AvgIpc) is 4.01. The van der Waals surface area contributed by atoms with Crippen molar-refractivity contribution in [3.63, 3.8) is 0 Å². The number of aryl methyl sites for hydroxylation is 2. The van der Waals surface area contributed by atoms with Crippen molar-refractivity contribution in [2.45, 2.75) is 78.1 Å². The van der Waals surface area contributed by atoms with E-state index in [0.717, 1.165) is 25.7 Å². The zero-order valence-corrected chi connectivity index (χ0v) is 37.8. The normalized spacial score (nSPS) is 13.4. The maximum atomic E-state index is 17.5. The Bertz CT molecular complexity index is 2160. The third-order valence-electron chi connectivity index (χ3n) is 11.7. The summed E-state index contributed by atoms with van der Waals surface area (Å²) in [5.41, 5.74) is 1.45. The van der Waals surface area contributed by atoms with Crippen molar-refractivity contribution in [2.75, 3.05) is 26.2 Å². The molecule has 0 saturated heterocycles. The number of nitrogens with zero attached hydrogens (tertiary/aromatic N) is 2. The molecule has 0 spiro atoms. The molecule has 0 N–H and O–H groups in total. The summed E-state index contributed by atoms with van der Waals surface area (Å²) in [6.07, 6.45) is 15.9. The van der Waals surface area contributed by atoms with Crippen molar-refractivity contribution >= 4 is 42.8 Å². The molecule has 320 valence electrons. The van der Waals surface area contributed by atoms with Crippen LogP contribution in [0.1, 0.15) is 97.1 Å². The van der Waals surface area contributed by atoms with Gasteiger partial charge in [-0.05, 0) is 0 Å². The maximum absolute atomic E-state index is 17.5. The van der Waals surface area contributed by atoms with Crippen molar-refractivity contribution in [1.82, 2.24) is 9.80 Å². The monoisotopic (exact) mass is 906 g/mol. The van der Waals surface area contributed by atoms with Gasteiger partial charge in [-0.2, -0.15) is 0 Å². The zero-order chi connectivity index (χ0) is 43.5. The van der Waals surface area contributed by atoms with Crippen LogP contribution in [0.4, 0.5) is 17.6 Å². The molecule has 0 aromatic heterocycles. The van der Waals surface area contributed by atoms with Gasteiger partial charge in [0.05, 0.1) is 0 Å². The average molecular weight is 908 g/mol. The predicted molar refractivity (Wildman–Crippen MR) is 237 cm³/mol. The van der Waals surface area contributed by atoms with Crippen LogP contribution < -0.4 is 7.74 Å². The first-order chi connectivity index (χ1) is 29.5. The number of benzene rings is 4. The molecule has 0 unspecified atom stereocenters. The van der Waals surface area contributed by atoms with Crippen molar-refractivity contribution in [1.29, 1.82) is 0 Å². The van der Waals surface area contributed by atoms with Gasteiger partial charge >= 0.3 is 350 Å². The number of halogens is 6. The number of hydrogen-bond acceptors (Lipinski definition) is 2. The molecule has 2 aliphatic rings. The van der Waals surface area contributed by atoms with Crippen molar-refractivity contribution < 1.29 is 43.7 Å². The summed E-state index contributed by atoms with van der Waals surface area (Å²) in [7, 11) is 0. The Morgan fingerprint density at radius 2 is 0.934 bits per heavy atom. The molecule has 4 aromatic rings. The van der Waals surface area contributed by atoms with Crippen LogP contribution >= 0.6 is 23.2 Å². The molecule has 61 heavy (non-hydrogen) atoms. The number of carbonyl (C=O) groups is 2. The second-order valence-electron chi connectivity index (χ2n) is 15.7. The van der Waals surface area contributed by atoms with Crippen molar-refractivity contribution in [3.05, 3.63) is 173 Å². The molecule has 0 radical (unpaired) electrons. The Kier molecular flexibility index (Phi) is 16.5. The molecule has 2 aliphatic carbocycles. The second-order valence-corrected chi connectivity index (χ2v) is 22.5. The number of hydrogen-bond donors (Lipinski definition) is 0. The summed E-state index contributed by atoms with van der Waals surface area (Å²) < 4.78 is 69.4. The van der Waals surface area contributed by atoms with E-state index < -0.39 is 39.9 Å². The van der Waals surface area contributed by atoms with Gasteiger partial charge in [0.1, 0.15) is 0 Å². The zero-order valence-electron chi connectivity index (χ0n) is 34.8. The molecule has 0 fully saturated rings. The van der Waals surface area contributed by atoms with Crippen LogP contribution in [0, 0.1) is 23.3 Å². The number of amides is 2. The molecule has 4 nitrogen and oxygen atoms in total. The van der Waals surface area contributed by atoms with E-state index in [-0.39, 0.29) is 43.5 Å². The van der Waals surface area contributed by atoms with E-state index in [1.54, 1.807) is 82.6 Å². The molecule has 4 aromatic carbocycles. The Hall–Kier alpha value is -4.21. The fourth-order valence-corrected chi connectivity index (χ4v) is 17.1. The molecule has 0 bridgehead atoms. The molecule has 0 aliphatic heterocycles. The standard InChI is InChI=1S/2C20H21ClF2NO.2C5H5.Ti/c2*1-2-3-12-24(20(25)16-6-9-17(21)10-7-16)13-4-5-15-8-11-18(22)14-19(15)23;2*1-2-4-5-3-1;/h2*6-11H,2-5,12-13H2,1H3;2*1-3H,4H2;. The van der Waals surface area contributed by atoms with E-state index in [0.29, 0.717) is 80.8 Å². The number of unbranched alkanes of at least 4 members (excludes halogenated alkanes) is 2. The summed E-state index contributed by atoms with van der Waals surface area (Å²) in [6, 6.07) is 18.7. The van der Waals surface area contributed by atoms with E-state index in [2.05, 4.69) is 0 Å². The molecule has 0 heterocycles. The fraction of sp³-hybridized carbons (Fsp3) is 0.320. The minimum atomic E-state index is -5.07. The third kappa shape index (κ3) is 10.5. The van der Waals surface area contributed by atoms with E-state index in [1.807, 2.05) is 26.0 Å². The topological polar surface area (TPSA) is 40.6 Å². The van der Waals surface area contributed by atoms with Crippen LogP contribution in [-0.2, 0) is 29.4 Å². The Balaban J connectivity index is 1.35. The molecule has 2 amide bonds. The quantitative estimate of drug-likeness (QED) is 0.0655. The molecule has 0 atom stereocenters. The first-order valence-corrected chi connectivity index (χ1v) is 25.2. The summed E-state index contributed by atoms with van der Waals surface area (Å²) in [5.74, 6) is -3.56. The van der Waals surface area contributed by atoms with Crippen LogP contribution in [0.3, 0.4) is 0 Å².